The van der Waals surface area contributed by atoms with Gasteiger partial charge in [0.25, 0.3) is 11.7 Å². The number of aromatic hydroxyl groups is 1. The molecule has 1 aromatic heterocycles. The molecule has 0 saturated heterocycles. The minimum Gasteiger partial charge on any atom is -0.508 e. The number of benzene rings is 1. The van der Waals surface area contributed by atoms with Crippen LogP contribution in [-0.4, -0.2) is 21.8 Å². The van der Waals surface area contributed by atoms with Crippen LogP contribution < -0.4 is 5.73 Å². The van der Waals surface area contributed by atoms with Crippen molar-refractivity contribution in [3.63, 3.8) is 0 Å². The average molecular weight is 204 g/mol. The van der Waals surface area contributed by atoms with E-state index in [0.717, 1.165) is 0 Å². The number of rotatable bonds is 2. The van der Waals surface area contributed by atoms with Crippen molar-refractivity contribution < 1.29 is 14.7 Å². The van der Waals surface area contributed by atoms with Gasteiger partial charge in [0.15, 0.2) is 0 Å². The van der Waals surface area contributed by atoms with Gasteiger partial charge < -0.3 is 15.8 Å². The number of aromatic amines is 1. The first-order valence-electron chi connectivity index (χ1n) is 4.24. The molecule has 1 heterocycles. The van der Waals surface area contributed by atoms with Gasteiger partial charge in [0, 0.05) is 10.9 Å². The topological polar surface area (TPSA) is 96.2 Å². The van der Waals surface area contributed by atoms with E-state index in [4.69, 9.17) is 5.73 Å². The van der Waals surface area contributed by atoms with E-state index in [1.807, 2.05) is 0 Å². The third-order valence-electron chi connectivity index (χ3n) is 2.07. The molecule has 1 aromatic carbocycles. The highest BCUT2D eigenvalue weighted by molar-refractivity contribution is 6.42. The summed E-state index contributed by atoms with van der Waals surface area (Å²) in [5, 5.41) is 9.85. The van der Waals surface area contributed by atoms with Gasteiger partial charge in [0.2, 0.25) is 0 Å². The normalized spacial score (nSPS) is 10.4. The van der Waals surface area contributed by atoms with Crippen LogP contribution in [0.15, 0.2) is 24.3 Å². The van der Waals surface area contributed by atoms with Crippen LogP contribution in [0.25, 0.3) is 10.9 Å². The molecule has 4 N–H and O–H groups in total. The van der Waals surface area contributed by atoms with Crippen molar-refractivity contribution in [1.29, 1.82) is 0 Å². The van der Waals surface area contributed by atoms with Crippen LogP contribution >= 0.6 is 0 Å². The molecule has 0 aliphatic carbocycles. The van der Waals surface area contributed by atoms with Crippen LogP contribution in [0.2, 0.25) is 0 Å². The zero-order chi connectivity index (χ0) is 11.0. The molecular formula is C10H8N2O3. The lowest BCUT2D eigenvalue weighted by atomic mass is 10.2. The number of aromatic nitrogens is 1. The summed E-state index contributed by atoms with van der Waals surface area (Å²) < 4.78 is 0. The molecule has 1 amide bonds. The Balaban J connectivity index is 2.56. The first kappa shape index (κ1) is 9.26. The molecule has 5 nitrogen and oxygen atoms in total. The number of nitrogens with one attached hydrogen (secondary N) is 1. The summed E-state index contributed by atoms with van der Waals surface area (Å²) in [5.74, 6) is -1.68. The van der Waals surface area contributed by atoms with E-state index < -0.39 is 11.7 Å². The van der Waals surface area contributed by atoms with Gasteiger partial charge in [-0.05, 0) is 24.3 Å². The van der Waals surface area contributed by atoms with E-state index in [9.17, 15) is 14.7 Å². The molecule has 0 atom stereocenters. The summed E-state index contributed by atoms with van der Waals surface area (Å²) in [6.45, 7) is 0. The molecule has 0 unspecified atom stereocenters. The molecule has 0 bridgehead atoms. The Hall–Kier alpha value is -2.30. The van der Waals surface area contributed by atoms with Gasteiger partial charge in [-0.2, -0.15) is 0 Å². The number of nitrogens with two attached hydrogens (primary N) is 1. The van der Waals surface area contributed by atoms with Gasteiger partial charge in [-0.1, -0.05) is 0 Å². The summed E-state index contributed by atoms with van der Waals surface area (Å²) >= 11 is 0. The van der Waals surface area contributed by atoms with Crippen molar-refractivity contribution in [2.75, 3.05) is 0 Å². The Kier molecular flexibility index (Phi) is 1.93. The second kappa shape index (κ2) is 3.13. The van der Waals surface area contributed by atoms with Crippen LogP contribution in [0.1, 0.15) is 10.5 Å². The van der Waals surface area contributed by atoms with Crippen molar-refractivity contribution in [2.45, 2.75) is 0 Å². The molecule has 2 aromatic rings. The Morgan fingerprint density at radius 1 is 1.27 bits per heavy atom. The third-order valence-corrected chi connectivity index (χ3v) is 2.07. The second-order valence-corrected chi connectivity index (χ2v) is 3.15. The molecule has 0 aliphatic rings. The lowest BCUT2D eigenvalue weighted by Crippen LogP contribution is -2.23. The molecule has 2 rings (SSSR count). The number of primary amides is 1. The molecule has 0 aliphatic heterocycles. The number of amides is 1. The van der Waals surface area contributed by atoms with Gasteiger partial charge in [0.05, 0.1) is 5.69 Å². The predicted octanol–water partition coefficient (Wildman–Crippen LogP) is 0.541. The Labute approximate surface area is 84.5 Å². The number of ketones is 1. The van der Waals surface area contributed by atoms with Crippen molar-refractivity contribution in [2.24, 2.45) is 5.73 Å². The van der Waals surface area contributed by atoms with Gasteiger partial charge in [-0.3, -0.25) is 9.59 Å². The van der Waals surface area contributed by atoms with E-state index >= 15 is 0 Å². The second-order valence-electron chi connectivity index (χ2n) is 3.15. The standard InChI is InChI=1S/C10H8N2O3/c11-10(15)9(14)8-4-5-3-6(13)1-2-7(5)12-8/h1-4,12-13H,(H2,11,15). The summed E-state index contributed by atoms with van der Waals surface area (Å²) in [6.07, 6.45) is 0. The number of H-pyrrole nitrogens is 1. The van der Waals surface area contributed by atoms with E-state index in [0.29, 0.717) is 10.9 Å². The molecule has 5 heteroatoms. The molecule has 0 fully saturated rings. The average Bonchev–Trinajstić information content (AvgIpc) is 2.58. The predicted molar refractivity (Wildman–Crippen MR) is 53.5 cm³/mol. The van der Waals surface area contributed by atoms with E-state index in [-0.39, 0.29) is 11.4 Å². The molecule has 15 heavy (non-hydrogen) atoms. The van der Waals surface area contributed by atoms with Crippen LogP contribution in [0, 0.1) is 0 Å². The number of phenols is 1. The van der Waals surface area contributed by atoms with Crippen molar-refractivity contribution in [1.82, 2.24) is 4.98 Å². The van der Waals surface area contributed by atoms with Crippen LogP contribution in [0.3, 0.4) is 0 Å². The fourth-order valence-electron chi connectivity index (χ4n) is 1.38. The van der Waals surface area contributed by atoms with Crippen LogP contribution in [0.4, 0.5) is 0 Å². The Morgan fingerprint density at radius 2 is 2.00 bits per heavy atom. The maximum atomic E-state index is 11.2. The highest BCUT2D eigenvalue weighted by atomic mass is 16.3. The maximum absolute atomic E-state index is 11.2. The van der Waals surface area contributed by atoms with Gasteiger partial charge in [-0.25, -0.2) is 0 Å². The largest absolute Gasteiger partial charge is 0.508 e. The minimum absolute atomic E-state index is 0.0968. The maximum Gasteiger partial charge on any atom is 0.291 e. The highest BCUT2D eigenvalue weighted by Gasteiger charge is 2.14. The smallest absolute Gasteiger partial charge is 0.291 e. The van der Waals surface area contributed by atoms with Crippen LogP contribution in [0.5, 0.6) is 5.75 Å². The van der Waals surface area contributed by atoms with E-state index in [1.165, 1.54) is 18.2 Å². The van der Waals surface area contributed by atoms with E-state index in [1.54, 1.807) is 6.07 Å². The van der Waals surface area contributed by atoms with Gasteiger partial charge in [0.1, 0.15) is 5.75 Å². The minimum atomic E-state index is -1.01. The molecule has 0 saturated carbocycles. The summed E-state index contributed by atoms with van der Waals surface area (Å²) in [5.41, 5.74) is 5.65. The van der Waals surface area contributed by atoms with Crippen molar-refractivity contribution in [3.8, 4) is 5.75 Å². The SMILES string of the molecule is NC(=O)C(=O)c1cc2cc(O)ccc2[nH]1. The fourth-order valence-corrected chi connectivity index (χ4v) is 1.38. The molecule has 0 spiro atoms. The van der Waals surface area contributed by atoms with Crippen molar-refractivity contribution in [3.05, 3.63) is 30.0 Å². The van der Waals surface area contributed by atoms with Gasteiger partial charge >= 0.3 is 0 Å². The fraction of sp³-hybridized carbons (Fsp3) is 0. The van der Waals surface area contributed by atoms with E-state index in [2.05, 4.69) is 4.98 Å². The number of hydrogen-bond donors (Lipinski definition) is 3. The number of fused-ring (bicyclic) bond motifs is 1. The number of hydrogen-bond acceptors (Lipinski definition) is 3. The van der Waals surface area contributed by atoms with Crippen molar-refractivity contribution >= 4 is 22.6 Å². The zero-order valence-corrected chi connectivity index (χ0v) is 7.65. The van der Waals surface area contributed by atoms with Gasteiger partial charge in [-0.15, -0.1) is 0 Å². The quantitative estimate of drug-likeness (QED) is 0.492. The number of phenolic OH excluding ortho intramolecular Hbond substituents is 1. The summed E-state index contributed by atoms with van der Waals surface area (Å²) in [7, 11) is 0. The lowest BCUT2D eigenvalue weighted by Gasteiger charge is -1.90. The number of Topliss-reactive ketones (excluding diaryl/α,β-unsaturated/α-hetero) is 1. The highest BCUT2D eigenvalue weighted by Crippen LogP contribution is 2.20. The van der Waals surface area contributed by atoms with Crippen LogP contribution in [-0.2, 0) is 4.79 Å². The summed E-state index contributed by atoms with van der Waals surface area (Å²) in [4.78, 5) is 24.6. The zero-order valence-electron chi connectivity index (χ0n) is 7.65. The lowest BCUT2D eigenvalue weighted by molar-refractivity contribution is -0.114. The Bertz CT molecular complexity index is 557. The first-order chi connectivity index (χ1) is 7.08. The Morgan fingerprint density at radius 3 is 2.67 bits per heavy atom. The molecule has 0 radical (unpaired) electrons. The molecular weight excluding hydrogens is 196 g/mol. The summed E-state index contributed by atoms with van der Waals surface area (Å²) in [6, 6.07) is 6.06. The molecule has 76 valence electrons. The first-order valence-corrected chi connectivity index (χ1v) is 4.24. The third kappa shape index (κ3) is 1.54. The number of carbonyl (C=O) groups excluding carboxylic acids is 2. The monoisotopic (exact) mass is 204 g/mol. The number of carbonyl (C=O) groups is 2.